The lowest BCUT2D eigenvalue weighted by Gasteiger charge is -2.39. The van der Waals surface area contributed by atoms with Crippen molar-refractivity contribution in [1.82, 2.24) is 0 Å². The van der Waals surface area contributed by atoms with Crippen LogP contribution in [0.3, 0.4) is 0 Å². The number of ether oxygens (including phenoxy) is 1. The molecule has 3 rings (SSSR count). The molecule has 0 saturated heterocycles. The highest BCUT2D eigenvalue weighted by atomic mass is 32.2. The minimum atomic E-state index is -0.286. The Morgan fingerprint density at radius 1 is 1.23 bits per heavy atom. The average Bonchev–Trinajstić information content (AvgIpc) is 2.59. The van der Waals surface area contributed by atoms with E-state index in [1.165, 1.54) is 54.6 Å². The van der Waals surface area contributed by atoms with Gasteiger partial charge in [0.05, 0.1) is 5.56 Å². The second-order valence-corrected chi connectivity index (χ2v) is 9.60. The Morgan fingerprint density at radius 2 is 2.04 bits per heavy atom. The molecule has 1 N–H and O–H groups in total. The molecule has 0 aromatic heterocycles. The van der Waals surface area contributed by atoms with E-state index < -0.39 is 0 Å². The zero-order valence-corrected chi connectivity index (χ0v) is 17.7. The monoisotopic (exact) mass is 374 g/mol. The first kappa shape index (κ1) is 19.7. The number of benzene rings is 1. The molecule has 3 heteroatoms. The number of rotatable bonds is 7. The summed E-state index contributed by atoms with van der Waals surface area (Å²) in [4.78, 5) is 1.31. The quantitative estimate of drug-likeness (QED) is 0.524. The third-order valence-corrected chi connectivity index (χ3v) is 7.19. The number of hydrogen-bond donors (Lipinski definition) is 1. The zero-order valence-electron chi connectivity index (χ0n) is 16.9. The molecule has 0 radical (unpaired) electrons. The van der Waals surface area contributed by atoms with Crippen molar-refractivity contribution < 1.29 is 9.84 Å². The van der Waals surface area contributed by atoms with E-state index in [1.54, 1.807) is 0 Å². The predicted molar refractivity (Wildman–Crippen MR) is 113 cm³/mol. The van der Waals surface area contributed by atoms with Gasteiger partial charge in [0.25, 0.3) is 0 Å². The molecule has 0 spiro atoms. The first-order valence-corrected chi connectivity index (χ1v) is 11.3. The van der Waals surface area contributed by atoms with Crippen molar-refractivity contribution in [1.29, 1.82) is 0 Å². The van der Waals surface area contributed by atoms with Crippen molar-refractivity contribution in [3.05, 3.63) is 28.2 Å². The number of aryl methyl sites for hydroxylation is 1. The van der Waals surface area contributed by atoms with E-state index in [0.717, 1.165) is 35.8 Å². The minimum absolute atomic E-state index is 0.286. The highest BCUT2D eigenvalue weighted by Gasteiger charge is 2.38. The summed E-state index contributed by atoms with van der Waals surface area (Å²) in [7, 11) is 0. The fourth-order valence-electron chi connectivity index (χ4n) is 4.21. The Hall–Kier alpha value is -1.09. The molecule has 0 fully saturated rings. The molecule has 1 unspecified atom stereocenters. The van der Waals surface area contributed by atoms with Gasteiger partial charge < -0.3 is 9.84 Å². The number of phenols is 1. The molecular formula is C23H34O2S. The van der Waals surface area contributed by atoms with Crippen LogP contribution in [0.1, 0.15) is 83.8 Å². The number of unbranched alkanes of at least 4 members (excludes halogenated alkanes) is 2. The highest BCUT2D eigenvalue weighted by Crippen LogP contribution is 2.52. The topological polar surface area (TPSA) is 29.5 Å². The van der Waals surface area contributed by atoms with E-state index in [0.29, 0.717) is 5.75 Å². The molecule has 2 heterocycles. The summed E-state index contributed by atoms with van der Waals surface area (Å²) in [5.74, 6) is 3.17. The molecule has 1 aromatic rings. The van der Waals surface area contributed by atoms with E-state index >= 15 is 0 Å². The molecular weight excluding hydrogens is 340 g/mol. The first-order valence-electron chi connectivity index (χ1n) is 10.3. The van der Waals surface area contributed by atoms with Crippen molar-refractivity contribution in [2.75, 3.05) is 5.75 Å². The van der Waals surface area contributed by atoms with Gasteiger partial charge in [-0.1, -0.05) is 39.5 Å². The van der Waals surface area contributed by atoms with Gasteiger partial charge in [-0.05, 0) is 74.5 Å². The third kappa shape index (κ3) is 4.24. The van der Waals surface area contributed by atoms with Gasteiger partial charge in [0.2, 0.25) is 0 Å². The smallest absolute Gasteiger partial charge is 0.134 e. The van der Waals surface area contributed by atoms with Gasteiger partial charge >= 0.3 is 0 Å². The van der Waals surface area contributed by atoms with Crippen LogP contribution in [-0.2, 0) is 6.42 Å². The SMILES string of the molecule is CCCCCC(C)CCc1cc(O)c2c(c1)OC(C)(C)C1=C2CCCS1. The fraction of sp³-hybridized carbons (Fsp3) is 0.652. The lowest BCUT2D eigenvalue weighted by molar-refractivity contribution is 0.152. The Bertz CT molecular complexity index is 675. The summed E-state index contributed by atoms with van der Waals surface area (Å²) < 4.78 is 6.36. The normalized spacial score (nSPS) is 19.5. The standard InChI is InChI=1S/C23H34O2S/c1-5-6-7-9-16(2)11-12-17-14-19(24)21-18-10-8-13-26-22(18)23(3,4)25-20(21)15-17/h14-16,24H,5-13H2,1-4H3. The summed E-state index contributed by atoms with van der Waals surface area (Å²) in [5, 5.41) is 10.8. The number of fused-ring (bicyclic) bond motifs is 2. The van der Waals surface area contributed by atoms with Crippen molar-refractivity contribution in [3.63, 3.8) is 0 Å². The minimum Gasteiger partial charge on any atom is -0.507 e. The van der Waals surface area contributed by atoms with Crippen LogP contribution in [0.25, 0.3) is 5.57 Å². The second kappa shape index (κ2) is 8.29. The summed E-state index contributed by atoms with van der Waals surface area (Å²) >= 11 is 1.90. The molecule has 2 aliphatic rings. The Kier molecular flexibility index (Phi) is 6.27. The van der Waals surface area contributed by atoms with E-state index in [1.807, 2.05) is 17.8 Å². The van der Waals surface area contributed by atoms with Crippen LogP contribution >= 0.6 is 11.8 Å². The van der Waals surface area contributed by atoms with Crippen LogP contribution in [0.15, 0.2) is 17.0 Å². The van der Waals surface area contributed by atoms with E-state index in [2.05, 4.69) is 33.8 Å². The molecule has 2 nitrogen and oxygen atoms in total. The Morgan fingerprint density at radius 3 is 2.81 bits per heavy atom. The van der Waals surface area contributed by atoms with Gasteiger partial charge in [-0.15, -0.1) is 11.8 Å². The summed E-state index contributed by atoms with van der Waals surface area (Å²) in [6, 6.07) is 4.15. The molecule has 0 saturated carbocycles. The number of phenolic OH excluding ortho intramolecular Hbond substituents is 1. The molecule has 2 aliphatic heterocycles. The molecule has 0 aliphatic carbocycles. The molecule has 0 amide bonds. The fourth-order valence-corrected chi connectivity index (χ4v) is 5.47. The molecule has 0 bridgehead atoms. The van der Waals surface area contributed by atoms with Crippen molar-refractivity contribution in [3.8, 4) is 11.5 Å². The van der Waals surface area contributed by atoms with Crippen molar-refractivity contribution in [2.24, 2.45) is 5.92 Å². The van der Waals surface area contributed by atoms with Crippen LogP contribution in [-0.4, -0.2) is 16.5 Å². The third-order valence-electron chi connectivity index (χ3n) is 5.67. The number of hydrogen-bond acceptors (Lipinski definition) is 3. The van der Waals surface area contributed by atoms with E-state index in [-0.39, 0.29) is 5.60 Å². The van der Waals surface area contributed by atoms with Crippen LogP contribution in [0.2, 0.25) is 0 Å². The second-order valence-electron chi connectivity index (χ2n) is 8.50. The maximum absolute atomic E-state index is 10.8. The van der Waals surface area contributed by atoms with Gasteiger partial charge in [0.15, 0.2) is 0 Å². The Balaban J connectivity index is 1.77. The number of aromatic hydroxyl groups is 1. The van der Waals surface area contributed by atoms with Crippen LogP contribution in [0.4, 0.5) is 0 Å². The molecule has 1 aromatic carbocycles. The largest absolute Gasteiger partial charge is 0.507 e. The van der Waals surface area contributed by atoms with Gasteiger partial charge in [0.1, 0.15) is 17.1 Å². The summed E-state index contributed by atoms with van der Waals surface area (Å²) in [6.07, 6.45) is 9.67. The van der Waals surface area contributed by atoms with Crippen LogP contribution in [0, 0.1) is 5.92 Å². The van der Waals surface area contributed by atoms with Crippen molar-refractivity contribution in [2.45, 2.75) is 84.7 Å². The average molecular weight is 375 g/mol. The van der Waals surface area contributed by atoms with E-state index in [4.69, 9.17) is 4.74 Å². The van der Waals surface area contributed by atoms with Gasteiger partial charge in [0, 0.05) is 4.91 Å². The summed E-state index contributed by atoms with van der Waals surface area (Å²) in [5.41, 5.74) is 3.18. The van der Waals surface area contributed by atoms with Gasteiger partial charge in [-0.3, -0.25) is 0 Å². The lowest BCUT2D eigenvalue weighted by atomic mass is 9.88. The predicted octanol–water partition coefficient (Wildman–Crippen LogP) is 6.95. The first-order chi connectivity index (χ1) is 12.4. The summed E-state index contributed by atoms with van der Waals surface area (Å²) in [6.45, 7) is 8.92. The highest BCUT2D eigenvalue weighted by molar-refractivity contribution is 8.03. The number of allylic oxidation sites excluding steroid dienone is 1. The van der Waals surface area contributed by atoms with Gasteiger partial charge in [-0.2, -0.15) is 0 Å². The molecule has 26 heavy (non-hydrogen) atoms. The van der Waals surface area contributed by atoms with Crippen molar-refractivity contribution >= 4 is 17.3 Å². The number of thioether (sulfide) groups is 1. The Labute approximate surface area is 163 Å². The van der Waals surface area contributed by atoms with E-state index in [9.17, 15) is 5.11 Å². The lowest BCUT2D eigenvalue weighted by Crippen LogP contribution is -2.34. The maximum Gasteiger partial charge on any atom is 0.134 e. The molecule has 144 valence electrons. The van der Waals surface area contributed by atoms with Gasteiger partial charge in [-0.25, -0.2) is 0 Å². The maximum atomic E-state index is 10.8. The van der Waals surface area contributed by atoms with Crippen LogP contribution < -0.4 is 4.74 Å². The van der Waals surface area contributed by atoms with Crippen LogP contribution in [0.5, 0.6) is 11.5 Å². The zero-order chi connectivity index (χ0) is 18.7. The molecule has 1 atom stereocenters.